The van der Waals surface area contributed by atoms with Gasteiger partial charge in [-0.3, -0.25) is 14.6 Å². The minimum atomic E-state index is -0.378. The molecule has 0 saturated carbocycles. The lowest BCUT2D eigenvalue weighted by Gasteiger charge is -2.16. The van der Waals surface area contributed by atoms with Gasteiger partial charge in [-0.15, -0.1) is 0 Å². The maximum absolute atomic E-state index is 12.7. The largest absolute Gasteiger partial charge is 0.465 e. The molecule has 0 bridgehead atoms. The van der Waals surface area contributed by atoms with E-state index in [1.807, 2.05) is 19.1 Å². The number of aromatic nitrogens is 2. The average molecular weight is 439 g/mol. The van der Waals surface area contributed by atoms with E-state index < -0.39 is 0 Å². The number of nitrogens with zero attached hydrogens (tertiary/aromatic N) is 4. The number of likely N-dealkylation sites (N-methyl/N-ethyl adjacent to an activating group) is 1. The van der Waals surface area contributed by atoms with Crippen molar-refractivity contribution in [3.63, 3.8) is 0 Å². The lowest BCUT2D eigenvalue weighted by Crippen LogP contribution is -2.30. The van der Waals surface area contributed by atoms with Crippen LogP contribution in [0.4, 0.5) is 4.79 Å². The fraction of sp³-hybridized carbons (Fsp3) is 0.417. The number of aryl methyl sites for hydroxylation is 1. The molecule has 170 valence electrons. The van der Waals surface area contributed by atoms with E-state index in [9.17, 15) is 14.4 Å². The highest BCUT2D eigenvalue weighted by molar-refractivity contribution is 6.13. The van der Waals surface area contributed by atoms with Crippen LogP contribution in [0.25, 0.3) is 6.08 Å². The second-order valence-corrected chi connectivity index (χ2v) is 7.81. The van der Waals surface area contributed by atoms with Gasteiger partial charge in [0.25, 0.3) is 5.91 Å². The number of rotatable bonds is 9. The van der Waals surface area contributed by atoms with Crippen molar-refractivity contribution in [1.82, 2.24) is 19.4 Å². The molecule has 1 saturated heterocycles. The maximum Gasteiger partial charge on any atom is 0.337 e. The minimum Gasteiger partial charge on any atom is -0.465 e. The molecule has 8 nitrogen and oxygen atoms in total. The third-order valence-corrected chi connectivity index (χ3v) is 5.51. The molecule has 1 aliphatic rings. The number of benzene rings is 1. The van der Waals surface area contributed by atoms with Gasteiger partial charge in [0.2, 0.25) is 0 Å². The first-order chi connectivity index (χ1) is 15.4. The van der Waals surface area contributed by atoms with Crippen LogP contribution < -0.4 is 0 Å². The Balaban J connectivity index is 1.96. The van der Waals surface area contributed by atoms with Gasteiger partial charge in [-0.05, 0) is 36.6 Å². The van der Waals surface area contributed by atoms with Crippen molar-refractivity contribution in [3.05, 3.63) is 58.8 Å². The zero-order chi connectivity index (χ0) is 23.3. The third kappa shape index (κ3) is 4.74. The molecule has 2 heterocycles. The number of methoxy groups -OCH3 is 1. The van der Waals surface area contributed by atoms with Gasteiger partial charge >= 0.3 is 12.0 Å². The first-order valence-corrected chi connectivity index (χ1v) is 10.9. The van der Waals surface area contributed by atoms with Crippen LogP contribution in [0.5, 0.6) is 0 Å². The lowest BCUT2D eigenvalue weighted by atomic mass is 10.1. The third-order valence-electron chi connectivity index (χ3n) is 5.51. The number of amides is 3. The Bertz CT molecular complexity index is 1020. The van der Waals surface area contributed by atoms with Gasteiger partial charge in [0.15, 0.2) is 0 Å². The molecule has 1 aromatic carbocycles. The summed E-state index contributed by atoms with van der Waals surface area (Å²) in [6, 6.07) is 6.93. The molecule has 32 heavy (non-hydrogen) atoms. The lowest BCUT2D eigenvalue weighted by molar-refractivity contribution is -0.122. The molecule has 2 aromatic rings. The number of hydrogen-bond acceptors (Lipinski definition) is 5. The summed E-state index contributed by atoms with van der Waals surface area (Å²) in [4.78, 5) is 44.3. The zero-order valence-electron chi connectivity index (χ0n) is 19.1. The van der Waals surface area contributed by atoms with E-state index in [0.29, 0.717) is 24.4 Å². The number of carbonyl (C=O) groups is 3. The van der Waals surface area contributed by atoms with Crippen molar-refractivity contribution in [2.75, 3.05) is 20.7 Å². The number of ether oxygens (including phenoxy) is 1. The number of urea groups is 1. The second kappa shape index (κ2) is 10.3. The smallest absolute Gasteiger partial charge is 0.337 e. The Morgan fingerprint density at radius 1 is 1.12 bits per heavy atom. The Morgan fingerprint density at radius 3 is 2.47 bits per heavy atom. The Labute approximate surface area is 188 Å². The van der Waals surface area contributed by atoms with Gasteiger partial charge in [-0.25, -0.2) is 14.6 Å². The summed E-state index contributed by atoms with van der Waals surface area (Å²) in [6.07, 6.45) is 6.96. The van der Waals surface area contributed by atoms with Gasteiger partial charge < -0.3 is 9.30 Å². The Morgan fingerprint density at radius 2 is 1.84 bits per heavy atom. The standard InChI is InChI=1S/C24H30N4O4/c1-5-7-13-27-20(22(29)26(3)24(27)31)14-19-15-25-21(8-6-2)28(19)16-17-9-11-18(12-10-17)23(30)32-4/h9-12,14-15H,5-8,13,16H2,1-4H3/b20-14+. The summed E-state index contributed by atoms with van der Waals surface area (Å²) < 4.78 is 6.82. The van der Waals surface area contributed by atoms with E-state index in [2.05, 4.69) is 16.5 Å². The number of unbranched alkanes of at least 4 members (excludes halogenated alkanes) is 1. The van der Waals surface area contributed by atoms with Crippen LogP contribution in [0.1, 0.15) is 60.5 Å². The summed E-state index contributed by atoms with van der Waals surface area (Å²) in [7, 11) is 2.86. The molecular weight excluding hydrogens is 408 g/mol. The molecule has 8 heteroatoms. The molecule has 1 aromatic heterocycles. The normalized spacial score (nSPS) is 15.2. The van der Waals surface area contributed by atoms with Crippen molar-refractivity contribution in [3.8, 4) is 0 Å². The fourth-order valence-corrected chi connectivity index (χ4v) is 3.67. The highest BCUT2D eigenvalue weighted by atomic mass is 16.5. The fourth-order valence-electron chi connectivity index (χ4n) is 3.67. The topological polar surface area (TPSA) is 84.7 Å². The highest BCUT2D eigenvalue weighted by Gasteiger charge is 2.38. The van der Waals surface area contributed by atoms with E-state index in [4.69, 9.17) is 4.74 Å². The van der Waals surface area contributed by atoms with Gasteiger partial charge in [0, 0.05) is 26.6 Å². The van der Waals surface area contributed by atoms with Crippen LogP contribution in [0, 0.1) is 0 Å². The summed E-state index contributed by atoms with van der Waals surface area (Å²) in [6.45, 7) is 5.17. The number of hydrogen-bond donors (Lipinski definition) is 0. The van der Waals surface area contributed by atoms with Crippen LogP contribution in [0.15, 0.2) is 36.2 Å². The number of esters is 1. The van der Waals surface area contributed by atoms with E-state index >= 15 is 0 Å². The molecule has 0 N–H and O–H groups in total. The molecule has 0 atom stereocenters. The predicted molar refractivity (Wildman–Crippen MR) is 121 cm³/mol. The first kappa shape index (κ1) is 23.2. The number of carbonyl (C=O) groups excluding carboxylic acids is 3. The molecule has 1 fully saturated rings. The summed E-state index contributed by atoms with van der Waals surface area (Å²) in [5.74, 6) is 0.219. The van der Waals surface area contributed by atoms with Crippen molar-refractivity contribution in [2.45, 2.75) is 46.1 Å². The molecule has 1 aliphatic heterocycles. The molecular formula is C24H30N4O4. The van der Waals surface area contributed by atoms with E-state index in [1.54, 1.807) is 29.3 Å². The predicted octanol–water partition coefficient (Wildman–Crippen LogP) is 3.71. The average Bonchev–Trinajstić information content (AvgIpc) is 3.26. The van der Waals surface area contributed by atoms with Gasteiger partial charge in [0.1, 0.15) is 11.5 Å². The van der Waals surface area contributed by atoms with Crippen molar-refractivity contribution in [2.24, 2.45) is 0 Å². The van der Waals surface area contributed by atoms with Crippen LogP contribution in [-0.4, -0.2) is 58.0 Å². The molecule has 3 amide bonds. The van der Waals surface area contributed by atoms with Crippen molar-refractivity contribution < 1.29 is 19.1 Å². The summed E-state index contributed by atoms with van der Waals surface area (Å²) >= 11 is 0. The molecule has 0 unspecified atom stereocenters. The van der Waals surface area contributed by atoms with Crippen LogP contribution in [-0.2, 0) is 22.5 Å². The number of imidazole rings is 1. The highest BCUT2D eigenvalue weighted by Crippen LogP contribution is 2.24. The Kier molecular flexibility index (Phi) is 7.45. The summed E-state index contributed by atoms with van der Waals surface area (Å²) in [5.41, 5.74) is 2.61. The Hall–Kier alpha value is -3.42. The monoisotopic (exact) mass is 438 g/mol. The van der Waals surface area contributed by atoms with Gasteiger partial charge in [-0.2, -0.15) is 0 Å². The molecule has 0 radical (unpaired) electrons. The van der Waals surface area contributed by atoms with Gasteiger partial charge in [-0.1, -0.05) is 32.4 Å². The molecule has 0 spiro atoms. The first-order valence-electron chi connectivity index (χ1n) is 10.9. The summed E-state index contributed by atoms with van der Waals surface area (Å²) in [5, 5.41) is 0. The molecule has 3 rings (SSSR count). The van der Waals surface area contributed by atoms with Crippen molar-refractivity contribution in [1.29, 1.82) is 0 Å². The SMILES string of the molecule is CCCCN1C(=O)N(C)C(=O)/C1=C\c1cnc(CCC)n1Cc1ccc(C(=O)OC)cc1. The van der Waals surface area contributed by atoms with Crippen molar-refractivity contribution >= 4 is 24.0 Å². The van der Waals surface area contributed by atoms with Crippen LogP contribution in [0.3, 0.4) is 0 Å². The number of imide groups is 1. The van der Waals surface area contributed by atoms with Crippen LogP contribution >= 0.6 is 0 Å². The second-order valence-electron chi connectivity index (χ2n) is 7.81. The van der Waals surface area contributed by atoms with Gasteiger partial charge in [0.05, 0.1) is 24.6 Å². The van der Waals surface area contributed by atoms with E-state index in [0.717, 1.165) is 47.7 Å². The zero-order valence-corrected chi connectivity index (χ0v) is 19.1. The van der Waals surface area contributed by atoms with E-state index in [-0.39, 0.29) is 17.9 Å². The van der Waals surface area contributed by atoms with Crippen LogP contribution in [0.2, 0.25) is 0 Å². The maximum atomic E-state index is 12.7. The van der Waals surface area contributed by atoms with E-state index in [1.165, 1.54) is 14.2 Å². The molecule has 0 aliphatic carbocycles. The quantitative estimate of drug-likeness (QED) is 0.339. The minimum absolute atomic E-state index is 0.298.